The second-order valence-corrected chi connectivity index (χ2v) is 15.5. The highest BCUT2D eigenvalue weighted by molar-refractivity contribution is 6.11. The lowest BCUT2D eigenvalue weighted by atomic mass is 10.0. The minimum atomic E-state index is -1.44. The van der Waals surface area contributed by atoms with Gasteiger partial charge in [0.1, 0.15) is 30.0 Å². The van der Waals surface area contributed by atoms with Crippen molar-refractivity contribution in [1.29, 1.82) is 0 Å². The van der Waals surface area contributed by atoms with E-state index < -0.39 is 77.2 Å². The van der Waals surface area contributed by atoms with Gasteiger partial charge in [-0.2, -0.15) is 0 Å². The number of para-hydroxylation sites is 1. The van der Waals surface area contributed by atoms with Crippen molar-refractivity contribution in [3.8, 4) is 0 Å². The molecule has 2 heterocycles. The molecule has 1 saturated heterocycles. The summed E-state index contributed by atoms with van der Waals surface area (Å²) in [5, 5.41) is 17.2. The van der Waals surface area contributed by atoms with Crippen molar-refractivity contribution in [2.75, 3.05) is 20.1 Å². The predicted molar refractivity (Wildman–Crippen MR) is 229 cm³/mol. The van der Waals surface area contributed by atoms with E-state index in [0.29, 0.717) is 38.5 Å². The minimum absolute atomic E-state index is 0.0569. The topological polar surface area (TPSA) is 318 Å². The van der Waals surface area contributed by atoms with Crippen LogP contribution in [0.4, 0.5) is 4.79 Å². The van der Waals surface area contributed by atoms with E-state index >= 15 is 0 Å². The average Bonchev–Trinajstić information content (AvgIpc) is 3.86. The molecule has 2 aliphatic rings. The van der Waals surface area contributed by atoms with Crippen LogP contribution in [-0.2, 0) is 46.4 Å². The summed E-state index contributed by atoms with van der Waals surface area (Å²) < 4.78 is 0. The first-order valence-electron chi connectivity index (χ1n) is 20.7. The lowest BCUT2D eigenvalue weighted by Gasteiger charge is -2.25. The molecule has 1 aromatic heterocycles. The molecule has 1 saturated carbocycles. The van der Waals surface area contributed by atoms with Crippen molar-refractivity contribution in [3.05, 3.63) is 71.9 Å². The Morgan fingerprint density at radius 1 is 0.871 bits per heavy atom. The predicted octanol–water partition coefficient (Wildman–Crippen LogP) is -1.14. The largest absolute Gasteiger partial charge is 0.370 e. The number of nitrogens with zero attached hydrogens (tertiary/aromatic N) is 2. The number of urea groups is 1. The number of rotatable bonds is 25. The summed E-state index contributed by atoms with van der Waals surface area (Å²) in [5.41, 5.74) is 17.5. The lowest BCUT2D eigenvalue weighted by Crippen LogP contribution is -2.56. The van der Waals surface area contributed by atoms with Crippen molar-refractivity contribution < 1.29 is 38.4 Å². The Balaban J connectivity index is 1.10. The number of primary amides is 1. The Labute approximate surface area is 358 Å². The van der Waals surface area contributed by atoms with Gasteiger partial charge in [-0.05, 0) is 75.6 Å². The first-order valence-corrected chi connectivity index (χ1v) is 20.7. The van der Waals surface area contributed by atoms with Crippen LogP contribution >= 0.6 is 0 Å². The number of carbonyl (C=O) groups is 8. The molecule has 1 aliphatic carbocycles. The molecule has 1 aliphatic heterocycles. The number of fused-ring (bicyclic) bond motifs is 1. The zero-order chi connectivity index (χ0) is 44.8. The molecule has 2 fully saturated rings. The van der Waals surface area contributed by atoms with Crippen LogP contribution in [0.15, 0.2) is 65.8 Å². The molecule has 0 radical (unpaired) electrons. The summed E-state index contributed by atoms with van der Waals surface area (Å²) in [5.74, 6) is -3.76. The Hall–Kier alpha value is -6.83. The number of H-pyrrole nitrogens is 1. The molecule has 0 spiro atoms. The van der Waals surface area contributed by atoms with Crippen LogP contribution in [0.1, 0.15) is 62.5 Å². The van der Waals surface area contributed by atoms with Crippen LogP contribution in [0.25, 0.3) is 10.9 Å². The van der Waals surface area contributed by atoms with Gasteiger partial charge in [0, 0.05) is 36.6 Å². The molecule has 8 amide bonds. The third-order valence-electron chi connectivity index (χ3n) is 11.0. The molecule has 5 rings (SSSR count). The fraction of sp³-hybridized carbons (Fsp3) is 0.452. The number of nitrogens with two attached hydrogens (primary N) is 3. The Kier molecular flexibility index (Phi) is 16.1. The highest BCUT2D eigenvalue weighted by Crippen LogP contribution is 2.44. The van der Waals surface area contributed by atoms with Gasteiger partial charge in [0.25, 0.3) is 5.91 Å². The summed E-state index contributed by atoms with van der Waals surface area (Å²) >= 11 is 0. The van der Waals surface area contributed by atoms with E-state index in [2.05, 4.69) is 41.9 Å². The number of imide groups is 1. The summed E-state index contributed by atoms with van der Waals surface area (Å²) in [4.78, 5) is 112. The van der Waals surface area contributed by atoms with E-state index in [9.17, 15) is 38.4 Å². The number of aliphatic imine (C=N–C) groups is 1. The standard InChI is InChI=1S/C42H56N12O8/c1-46-31(15-9-19-48-40(44)45)36(58)52-32(21-26-23-49-29-13-6-5-12-28(26)29)37(59)51-30(35(43)57)14-7-8-18-47-34(56)22-33-38(60)54(41(62)53-33)42(16-17-42)39(61)50-27(24-55)20-25-10-3-2-4-11-25/h2-6,10-13,23-24,27,30-33,46,49H,7-9,14-22H2,1H3,(H2,43,57)(H,47,56)(H,50,61)(H,51,59)(H,52,58)(H,53,62)(H4,44,45,48). The highest BCUT2D eigenvalue weighted by Gasteiger charge is 2.62. The van der Waals surface area contributed by atoms with E-state index in [0.717, 1.165) is 26.9 Å². The van der Waals surface area contributed by atoms with Crippen molar-refractivity contribution in [2.45, 2.75) is 100.0 Å². The number of guanidine groups is 1. The Morgan fingerprint density at radius 2 is 1.55 bits per heavy atom. The third kappa shape index (κ3) is 12.1. The van der Waals surface area contributed by atoms with Crippen LogP contribution in [0.3, 0.4) is 0 Å². The maximum atomic E-state index is 13.8. The molecular formula is C42H56N12O8. The zero-order valence-electron chi connectivity index (χ0n) is 34.6. The smallest absolute Gasteiger partial charge is 0.325 e. The molecular weight excluding hydrogens is 801 g/mol. The van der Waals surface area contributed by atoms with Crippen LogP contribution < -0.4 is 49.1 Å². The molecule has 332 valence electrons. The van der Waals surface area contributed by atoms with Gasteiger partial charge in [-0.1, -0.05) is 48.5 Å². The lowest BCUT2D eigenvalue weighted by molar-refractivity contribution is -0.138. The maximum absolute atomic E-state index is 13.8. The number of nitrogens with one attached hydrogen (secondary N) is 7. The van der Waals surface area contributed by atoms with Gasteiger partial charge in [0.15, 0.2) is 5.96 Å². The summed E-state index contributed by atoms with van der Waals surface area (Å²) in [6.45, 7) is 0.462. The summed E-state index contributed by atoms with van der Waals surface area (Å²) in [6, 6.07) is 10.9. The van der Waals surface area contributed by atoms with Crippen LogP contribution in [-0.4, -0.2) is 119 Å². The number of benzene rings is 2. The van der Waals surface area contributed by atoms with E-state index in [1.165, 1.54) is 0 Å². The van der Waals surface area contributed by atoms with Gasteiger partial charge in [0.2, 0.25) is 29.5 Å². The monoisotopic (exact) mass is 856 g/mol. The van der Waals surface area contributed by atoms with Gasteiger partial charge in [-0.15, -0.1) is 0 Å². The zero-order valence-corrected chi connectivity index (χ0v) is 34.6. The SMILES string of the molecule is CNC(CCCN=C(N)N)C(=O)NC(Cc1c[nH]c2ccccc12)C(=O)NC(CCCCNC(=O)CC1NC(=O)N(C2(C(=O)NC(C=O)Cc3ccccc3)CC2)C1=O)C(N)=O. The van der Waals surface area contributed by atoms with Crippen LogP contribution in [0.5, 0.6) is 0 Å². The summed E-state index contributed by atoms with van der Waals surface area (Å²) in [7, 11) is 1.62. The first-order chi connectivity index (χ1) is 29.8. The van der Waals surface area contributed by atoms with E-state index in [1.807, 2.05) is 54.6 Å². The number of likely N-dealkylation sites (N-methyl/N-ethyl adjacent to an activating group) is 1. The van der Waals surface area contributed by atoms with Crippen LogP contribution in [0.2, 0.25) is 0 Å². The summed E-state index contributed by atoms with van der Waals surface area (Å²) in [6.07, 6.45) is 4.50. The Morgan fingerprint density at radius 3 is 2.23 bits per heavy atom. The van der Waals surface area contributed by atoms with Gasteiger partial charge < -0.3 is 58.9 Å². The van der Waals surface area contributed by atoms with Gasteiger partial charge in [0.05, 0.1) is 18.5 Å². The normalized spacial score (nSPS) is 17.2. The number of hydrogen-bond acceptors (Lipinski definition) is 10. The van der Waals surface area contributed by atoms with Gasteiger partial charge >= 0.3 is 6.03 Å². The van der Waals surface area contributed by atoms with Gasteiger partial charge in [-0.25, -0.2) is 9.69 Å². The molecule has 2 aromatic carbocycles. The highest BCUT2D eigenvalue weighted by atomic mass is 16.2. The molecule has 5 unspecified atom stereocenters. The molecule has 13 N–H and O–H groups in total. The minimum Gasteiger partial charge on any atom is -0.370 e. The quantitative estimate of drug-likeness (QED) is 0.0160. The first kappa shape index (κ1) is 46.2. The van der Waals surface area contributed by atoms with Gasteiger partial charge in [-0.3, -0.25) is 33.8 Å². The van der Waals surface area contributed by atoms with Crippen molar-refractivity contribution >= 4 is 64.6 Å². The third-order valence-corrected chi connectivity index (χ3v) is 11.0. The molecule has 20 heteroatoms. The molecule has 0 bridgehead atoms. The number of unbranched alkanes of at least 4 members (excludes halogenated alkanes) is 1. The maximum Gasteiger partial charge on any atom is 0.325 e. The van der Waals surface area contributed by atoms with Crippen molar-refractivity contribution in [3.63, 3.8) is 0 Å². The number of aromatic amines is 1. The number of carbonyl (C=O) groups excluding carboxylic acids is 8. The number of aldehydes is 1. The Bertz CT molecular complexity index is 2130. The second-order valence-electron chi connectivity index (χ2n) is 15.5. The fourth-order valence-corrected chi connectivity index (χ4v) is 7.48. The fourth-order valence-electron chi connectivity index (χ4n) is 7.48. The van der Waals surface area contributed by atoms with Crippen molar-refractivity contribution in [2.24, 2.45) is 22.2 Å². The number of hydrogen-bond donors (Lipinski definition) is 10. The van der Waals surface area contributed by atoms with Crippen LogP contribution in [0, 0.1) is 0 Å². The van der Waals surface area contributed by atoms with Crippen molar-refractivity contribution in [1.82, 2.24) is 41.8 Å². The second kappa shape index (κ2) is 21.6. The molecule has 20 nitrogen and oxygen atoms in total. The molecule has 62 heavy (non-hydrogen) atoms. The van der Waals surface area contributed by atoms with E-state index in [4.69, 9.17) is 17.2 Å². The number of amides is 8. The number of aromatic nitrogens is 1. The molecule has 5 atom stereocenters. The van der Waals surface area contributed by atoms with E-state index in [-0.39, 0.29) is 51.0 Å². The van der Waals surface area contributed by atoms with E-state index in [1.54, 1.807) is 13.2 Å². The average molecular weight is 857 g/mol. The molecule has 3 aromatic rings.